The molecule has 6 nitrogen and oxygen atoms in total. The van der Waals surface area contributed by atoms with Crippen LogP contribution in [0, 0.1) is 0 Å². The number of ether oxygens (including phenoxy) is 1. The zero-order chi connectivity index (χ0) is 13.9. The maximum absolute atomic E-state index is 12.1. The molecule has 2 N–H and O–H groups in total. The molecule has 100 valence electrons. The molecule has 1 amide bonds. The standard InChI is InChI=1S/C14H12N4O2/c1-20-10-6-4-9(5-7-10)13(19)18-14-16-11-3-2-8-15-12(11)17-14/h2-8H,1H3,(H2,15,16,17,18,19). The highest BCUT2D eigenvalue weighted by Crippen LogP contribution is 2.14. The van der Waals surface area contributed by atoms with Crippen molar-refractivity contribution in [3.05, 3.63) is 48.2 Å². The molecule has 0 aliphatic heterocycles. The molecule has 0 aliphatic rings. The Labute approximate surface area is 114 Å². The van der Waals surface area contributed by atoms with Crippen LogP contribution in [0.15, 0.2) is 42.6 Å². The number of H-pyrrole nitrogens is 1. The van der Waals surface area contributed by atoms with E-state index in [4.69, 9.17) is 4.74 Å². The van der Waals surface area contributed by atoms with Crippen molar-refractivity contribution in [3.63, 3.8) is 0 Å². The lowest BCUT2D eigenvalue weighted by Gasteiger charge is -2.03. The van der Waals surface area contributed by atoms with Gasteiger partial charge in [-0.1, -0.05) is 0 Å². The van der Waals surface area contributed by atoms with E-state index in [1.807, 2.05) is 6.07 Å². The van der Waals surface area contributed by atoms with Crippen LogP contribution in [0.25, 0.3) is 11.2 Å². The Hall–Kier alpha value is -2.89. The molecule has 0 saturated carbocycles. The number of pyridine rings is 1. The van der Waals surface area contributed by atoms with Crippen LogP contribution in [0.2, 0.25) is 0 Å². The van der Waals surface area contributed by atoms with Crippen LogP contribution in [0.5, 0.6) is 5.75 Å². The summed E-state index contributed by atoms with van der Waals surface area (Å²) in [5.74, 6) is 0.834. The number of carbonyl (C=O) groups excluding carboxylic acids is 1. The summed E-state index contributed by atoms with van der Waals surface area (Å²) in [5.41, 5.74) is 1.87. The molecule has 0 aliphatic carbocycles. The first-order chi connectivity index (χ1) is 9.76. The smallest absolute Gasteiger partial charge is 0.257 e. The third-order valence-corrected chi connectivity index (χ3v) is 2.84. The Morgan fingerprint density at radius 2 is 2.05 bits per heavy atom. The van der Waals surface area contributed by atoms with Crippen molar-refractivity contribution in [2.45, 2.75) is 0 Å². The monoisotopic (exact) mass is 268 g/mol. The molecule has 1 aromatic carbocycles. The number of benzene rings is 1. The molecule has 2 heterocycles. The molecule has 0 bridgehead atoms. The van der Waals surface area contributed by atoms with Gasteiger partial charge < -0.3 is 9.72 Å². The van der Waals surface area contributed by atoms with Crippen molar-refractivity contribution in [1.82, 2.24) is 15.0 Å². The third kappa shape index (κ3) is 2.31. The van der Waals surface area contributed by atoms with E-state index < -0.39 is 0 Å². The van der Waals surface area contributed by atoms with Crippen LogP contribution >= 0.6 is 0 Å². The number of aromatic amines is 1. The zero-order valence-corrected chi connectivity index (χ0v) is 10.8. The van der Waals surface area contributed by atoms with E-state index in [1.54, 1.807) is 43.6 Å². The minimum absolute atomic E-state index is 0.244. The van der Waals surface area contributed by atoms with Crippen molar-refractivity contribution in [1.29, 1.82) is 0 Å². The van der Waals surface area contributed by atoms with Crippen molar-refractivity contribution >= 4 is 23.0 Å². The molecule has 0 atom stereocenters. The number of hydrogen-bond acceptors (Lipinski definition) is 4. The van der Waals surface area contributed by atoms with E-state index >= 15 is 0 Å². The van der Waals surface area contributed by atoms with Gasteiger partial charge in [-0.3, -0.25) is 10.1 Å². The fourth-order valence-corrected chi connectivity index (χ4v) is 1.83. The SMILES string of the molecule is COc1ccc(C(=O)Nc2nc3ncccc3[nH]2)cc1. The lowest BCUT2D eigenvalue weighted by atomic mass is 10.2. The van der Waals surface area contributed by atoms with Gasteiger partial charge in [0.05, 0.1) is 12.6 Å². The Morgan fingerprint density at radius 1 is 1.25 bits per heavy atom. The van der Waals surface area contributed by atoms with E-state index in [-0.39, 0.29) is 5.91 Å². The minimum atomic E-state index is -0.244. The topological polar surface area (TPSA) is 79.9 Å². The highest BCUT2D eigenvalue weighted by Gasteiger charge is 2.09. The largest absolute Gasteiger partial charge is 0.497 e. The van der Waals surface area contributed by atoms with Crippen molar-refractivity contribution < 1.29 is 9.53 Å². The molecule has 0 unspecified atom stereocenters. The van der Waals surface area contributed by atoms with Crippen molar-refractivity contribution in [2.75, 3.05) is 12.4 Å². The van der Waals surface area contributed by atoms with Crippen molar-refractivity contribution in [2.24, 2.45) is 0 Å². The Balaban J connectivity index is 1.80. The lowest BCUT2D eigenvalue weighted by molar-refractivity contribution is 0.102. The van der Waals surface area contributed by atoms with Gasteiger partial charge in [0.2, 0.25) is 5.95 Å². The molecule has 20 heavy (non-hydrogen) atoms. The summed E-state index contributed by atoms with van der Waals surface area (Å²) in [6, 6.07) is 10.5. The second kappa shape index (κ2) is 5.00. The summed E-state index contributed by atoms with van der Waals surface area (Å²) in [5, 5.41) is 2.70. The Kier molecular flexibility index (Phi) is 3.04. The van der Waals surface area contributed by atoms with E-state index in [0.29, 0.717) is 22.9 Å². The number of nitrogens with zero attached hydrogens (tertiary/aromatic N) is 2. The van der Waals surface area contributed by atoms with Crippen LogP contribution in [-0.4, -0.2) is 28.0 Å². The third-order valence-electron chi connectivity index (χ3n) is 2.84. The van der Waals surface area contributed by atoms with E-state index in [2.05, 4.69) is 20.3 Å². The number of hydrogen-bond donors (Lipinski definition) is 2. The average Bonchev–Trinajstić information content (AvgIpc) is 2.89. The number of rotatable bonds is 3. The maximum atomic E-state index is 12.1. The Morgan fingerprint density at radius 3 is 2.75 bits per heavy atom. The highest BCUT2D eigenvalue weighted by molar-refractivity contribution is 6.03. The molecule has 0 radical (unpaired) electrons. The fraction of sp³-hybridized carbons (Fsp3) is 0.0714. The van der Waals surface area contributed by atoms with Crippen LogP contribution in [0.3, 0.4) is 0 Å². The Bertz CT molecular complexity index is 716. The van der Waals surface area contributed by atoms with Gasteiger partial charge in [-0.2, -0.15) is 4.98 Å². The highest BCUT2D eigenvalue weighted by atomic mass is 16.5. The van der Waals surface area contributed by atoms with Crippen LogP contribution < -0.4 is 10.1 Å². The number of anilines is 1. The van der Waals surface area contributed by atoms with Crippen LogP contribution in [0.4, 0.5) is 5.95 Å². The number of nitrogens with one attached hydrogen (secondary N) is 2. The van der Waals surface area contributed by atoms with Gasteiger partial charge in [0, 0.05) is 11.8 Å². The summed E-state index contributed by atoms with van der Waals surface area (Å²) in [6.07, 6.45) is 1.65. The number of carbonyl (C=O) groups is 1. The summed E-state index contributed by atoms with van der Waals surface area (Å²) in [7, 11) is 1.58. The number of aromatic nitrogens is 3. The second-order valence-electron chi connectivity index (χ2n) is 4.14. The molecular formula is C14H12N4O2. The summed E-state index contributed by atoms with van der Waals surface area (Å²) in [6.45, 7) is 0. The zero-order valence-electron chi connectivity index (χ0n) is 10.8. The number of imidazole rings is 1. The van der Waals surface area contributed by atoms with Gasteiger partial charge in [0.25, 0.3) is 5.91 Å². The first kappa shape index (κ1) is 12.2. The number of methoxy groups -OCH3 is 1. The summed E-state index contributed by atoms with van der Waals surface area (Å²) < 4.78 is 5.05. The fourth-order valence-electron chi connectivity index (χ4n) is 1.83. The molecule has 0 fully saturated rings. The molecular weight excluding hydrogens is 256 g/mol. The van der Waals surface area contributed by atoms with Gasteiger partial charge in [-0.05, 0) is 36.4 Å². The average molecular weight is 268 g/mol. The predicted octanol–water partition coefficient (Wildman–Crippen LogP) is 2.22. The van der Waals surface area contributed by atoms with Crippen LogP contribution in [0.1, 0.15) is 10.4 Å². The normalized spacial score (nSPS) is 10.4. The lowest BCUT2D eigenvalue weighted by Crippen LogP contribution is -2.12. The number of amides is 1. The van der Waals surface area contributed by atoms with Gasteiger partial charge >= 0.3 is 0 Å². The molecule has 0 spiro atoms. The summed E-state index contributed by atoms with van der Waals surface area (Å²) >= 11 is 0. The van der Waals surface area contributed by atoms with Gasteiger partial charge in [0.15, 0.2) is 5.65 Å². The van der Waals surface area contributed by atoms with Gasteiger partial charge in [0.1, 0.15) is 5.75 Å². The quantitative estimate of drug-likeness (QED) is 0.763. The second-order valence-corrected chi connectivity index (χ2v) is 4.14. The molecule has 3 rings (SSSR count). The van der Waals surface area contributed by atoms with E-state index in [9.17, 15) is 4.79 Å². The summed E-state index contributed by atoms with van der Waals surface area (Å²) in [4.78, 5) is 23.3. The molecule has 2 aromatic heterocycles. The molecule has 3 aromatic rings. The van der Waals surface area contributed by atoms with E-state index in [1.165, 1.54) is 0 Å². The maximum Gasteiger partial charge on any atom is 0.257 e. The first-order valence-corrected chi connectivity index (χ1v) is 6.02. The molecule has 0 saturated heterocycles. The first-order valence-electron chi connectivity index (χ1n) is 6.02. The molecule has 6 heteroatoms. The van der Waals surface area contributed by atoms with Gasteiger partial charge in [-0.15, -0.1) is 0 Å². The minimum Gasteiger partial charge on any atom is -0.497 e. The van der Waals surface area contributed by atoms with Crippen LogP contribution in [-0.2, 0) is 0 Å². The van der Waals surface area contributed by atoms with E-state index in [0.717, 1.165) is 5.52 Å². The van der Waals surface area contributed by atoms with Crippen molar-refractivity contribution in [3.8, 4) is 5.75 Å². The van der Waals surface area contributed by atoms with Gasteiger partial charge in [-0.25, -0.2) is 4.98 Å². The predicted molar refractivity (Wildman–Crippen MR) is 74.8 cm³/mol. The number of fused-ring (bicyclic) bond motifs is 1.